The van der Waals surface area contributed by atoms with Crippen molar-refractivity contribution in [2.45, 2.75) is 6.67 Å². The van der Waals surface area contributed by atoms with Gasteiger partial charge in [0.25, 0.3) is 0 Å². The first kappa shape index (κ1) is 7.43. The van der Waals surface area contributed by atoms with Gasteiger partial charge in [-0.2, -0.15) is 0 Å². The third-order valence-corrected chi connectivity index (χ3v) is 2.46. The molecular weight excluding hydrogens is 147 g/mol. The molecule has 0 bridgehead atoms. The number of alkyl halides is 1. The summed E-state index contributed by atoms with van der Waals surface area (Å²) in [4.78, 5) is 8.82. The van der Waals surface area contributed by atoms with Crippen LogP contribution in [0.5, 0.6) is 0 Å². The van der Waals surface area contributed by atoms with E-state index in [-0.39, 0.29) is 0 Å². The summed E-state index contributed by atoms with van der Waals surface area (Å²) in [5, 5.41) is 0.810. The molecule has 0 saturated carbocycles. The molecule has 0 fully saturated rings. The zero-order chi connectivity index (χ0) is 7.40. The first-order chi connectivity index (χ1) is 4.88. The van der Waals surface area contributed by atoms with Gasteiger partial charge in [0.1, 0.15) is 6.67 Å². The van der Waals surface area contributed by atoms with Gasteiger partial charge >= 0.3 is 0 Å². The van der Waals surface area contributed by atoms with Crippen molar-refractivity contribution in [1.82, 2.24) is 0 Å². The van der Waals surface area contributed by atoms with Crippen LogP contribution in [0.3, 0.4) is 0 Å². The molecular formula is C7H9FOSi. The standard InChI is InChI=1S/C7H9FOSi/c8-5-6-3-1-2-4-7(6)10-9/h1-4,9H,5,10H2. The number of benzene rings is 1. The highest BCUT2D eigenvalue weighted by molar-refractivity contribution is 6.46. The minimum atomic E-state index is -1.19. The zero-order valence-electron chi connectivity index (χ0n) is 5.55. The quantitative estimate of drug-likeness (QED) is 0.591. The molecule has 0 heterocycles. The molecule has 1 aromatic carbocycles. The average molecular weight is 156 g/mol. The van der Waals surface area contributed by atoms with Crippen LogP contribution in [0, 0.1) is 0 Å². The molecule has 1 aromatic rings. The molecule has 0 aromatic heterocycles. The SMILES string of the molecule is O[SiH2]c1ccccc1CF. The Balaban J connectivity index is 2.96. The zero-order valence-corrected chi connectivity index (χ0v) is 6.96. The minimum absolute atomic E-state index is 0.469. The first-order valence-electron chi connectivity index (χ1n) is 3.12. The van der Waals surface area contributed by atoms with Gasteiger partial charge in [0, 0.05) is 0 Å². The lowest BCUT2D eigenvalue weighted by atomic mass is 10.2. The molecule has 0 spiro atoms. The summed E-state index contributed by atoms with van der Waals surface area (Å²) < 4.78 is 12.1. The second kappa shape index (κ2) is 3.48. The Morgan fingerprint density at radius 3 is 2.60 bits per heavy atom. The number of halogens is 1. The largest absolute Gasteiger partial charge is 0.433 e. The number of hydrogen-bond acceptors (Lipinski definition) is 1. The lowest BCUT2D eigenvalue weighted by molar-refractivity contribution is 0.486. The Hall–Kier alpha value is -0.673. The minimum Gasteiger partial charge on any atom is -0.433 e. The lowest BCUT2D eigenvalue weighted by Crippen LogP contribution is -2.17. The molecule has 54 valence electrons. The smallest absolute Gasteiger partial charge is 0.188 e. The second-order valence-corrected chi connectivity index (χ2v) is 3.14. The summed E-state index contributed by atoms with van der Waals surface area (Å²) in [6.45, 7) is -0.469. The Morgan fingerprint density at radius 2 is 2.10 bits per heavy atom. The van der Waals surface area contributed by atoms with E-state index in [1.807, 2.05) is 6.07 Å². The van der Waals surface area contributed by atoms with E-state index in [1.165, 1.54) is 0 Å². The van der Waals surface area contributed by atoms with Gasteiger partial charge in [0.15, 0.2) is 9.76 Å². The van der Waals surface area contributed by atoms with Crippen LogP contribution in [0.25, 0.3) is 0 Å². The van der Waals surface area contributed by atoms with E-state index < -0.39 is 16.4 Å². The summed E-state index contributed by atoms with van der Waals surface area (Å²) in [6.07, 6.45) is 0. The van der Waals surface area contributed by atoms with E-state index in [1.54, 1.807) is 18.2 Å². The van der Waals surface area contributed by atoms with E-state index in [4.69, 9.17) is 4.80 Å². The van der Waals surface area contributed by atoms with Crippen molar-refractivity contribution in [1.29, 1.82) is 0 Å². The molecule has 0 aliphatic carbocycles. The van der Waals surface area contributed by atoms with Crippen molar-refractivity contribution in [3.8, 4) is 0 Å². The van der Waals surface area contributed by atoms with Crippen molar-refractivity contribution in [2.24, 2.45) is 0 Å². The molecule has 10 heavy (non-hydrogen) atoms. The molecule has 1 rings (SSSR count). The predicted molar refractivity (Wildman–Crippen MR) is 41.7 cm³/mol. The Bertz CT molecular complexity index is 192. The van der Waals surface area contributed by atoms with Gasteiger partial charge in [-0.3, -0.25) is 0 Å². The van der Waals surface area contributed by atoms with Crippen LogP contribution in [0.4, 0.5) is 4.39 Å². The molecule has 3 heteroatoms. The van der Waals surface area contributed by atoms with Gasteiger partial charge in [0.05, 0.1) is 0 Å². The highest BCUT2D eigenvalue weighted by Crippen LogP contribution is 1.96. The summed E-state index contributed by atoms with van der Waals surface area (Å²) in [7, 11) is -1.19. The highest BCUT2D eigenvalue weighted by atomic mass is 28.2. The molecule has 0 saturated heterocycles. The van der Waals surface area contributed by atoms with Crippen LogP contribution in [0.2, 0.25) is 0 Å². The van der Waals surface area contributed by atoms with E-state index in [0.717, 1.165) is 5.19 Å². The van der Waals surface area contributed by atoms with Crippen molar-refractivity contribution in [2.75, 3.05) is 0 Å². The summed E-state index contributed by atoms with van der Waals surface area (Å²) in [6, 6.07) is 7.08. The molecule has 0 atom stereocenters. The predicted octanol–water partition coefficient (Wildman–Crippen LogP) is -0.142. The topological polar surface area (TPSA) is 20.2 Å². The Kier molecular flexibility index (Phi) is 2.59. The van der Waals surface area contributed by atoms with Gasteiger partial charge in [0.2, 0.25) is 0 Å². The number of rotatable bonds is 2. The van der Waals surface area contributed by atoms with Crippen LogP contribution in [0.15, 0.2) is 24.3 Å². The van der Waals surface area contributed by atoms with E-state index in [0.29, 0.717) is 5.56 Å². The van der Waals surface area contributed by atoms with Crippen LogP contribution in [0.1, 0.15) is 5.56 Å². The van der Waals surface area contributed by atoms with Gasteiger partial charge < -0.3 is 4.80 Å². The van der Waals surface area contributed by atoms with E-state index >= 15 is 0 Å². The third kappa shape index (κ3) is 1.43. The van der Waals surface area contributed by atoms with Crippen LogP contribution in [-0.2, 0) is 6.67 Å². The maximum atomic E-state index is 12.1. The molecule has 1 nitrogen and oxygen atoms in total. The Labute approximate surface area is 61.5 Å². The second-order valence-electron chi connectivity index (χ2n) is 2.06. The molecule has 0 unspecified atom stereocenters. The van der Waals surface area contributed by atoms with Crippen molar-refractivity contribution in [3.05, 3.63) is 29.8 Å². The van der Waals surface area contributed by atoms with Crippen LogP contribution >= 0.6 is 0 Å². The molecule has 1 N–H and O–H groups in total. The van der Waals surface area contributed by atoms with E-state index in [9.17, 15) is 4.39 Å². The third-order valence-electron chi connectivity index (χ3n) is 1.43. The fourth-order valence-electron chi connectivity index (χ4n) is 0.842. The van der Waals surface area contributed by atoms with Gasteiger partial charge in [-0.05, 0) is 10.8 Å². The fourth-order valence-corrected chi connectivity index (χ4v) is 1.50. The Morgan fingerprint density at radius 1 is 1.40 bits per heavy atom. The highest BCUT2D eigenvalue weighted by Gasteiger charge is 1.97. The van der Waals surface area contributed by atoms with Crippen LogP contribution < -0.4 is 5.19 Å². The molecule has 0 aliphatic rings. The van der Waals surface area contributed by atoms with E-state index in [2.05, 4.69) is 0 Å². The van der Waals surface area contributed by atoms with Crippen molar-refractivity contribution in [3.63, 3.8) is 0 Å². The maximum absolute atomic E-state index is 12.1. The van der Waals surface area contributed by atoms with Gasteiger partial charge in [-0.1, -0.05) is 24.3 Å². The summed E-state index contributed by atoms with van der Waals surface area (Å²) in [5.74, 6) is 0. The molecule has 0 amide bonds. The molecule has 0 aliphatic heterocycles. The lowest BCUT2D eigenvalue weighted by Gasteiger charge is -1.99. The summed E-state index contributed by atoms with van der Waals surface area (Å²) in [5.41, 5.74) is 0.636. The average Bonchev–Trinajstić information content (AvgIpc) is 2.04. The monoisotopic (exact) mass is 156 g/mol. The van der Waals surface area contributed by atoms with Gasteiger partial charge in [-0.15, -0.1) is 0 Å². The van der Waals surface area contributed by atoms with Gasteiger partial charge in [-0.25, -0.2) is 4.39 Å². The van der Waals surface area contributed by atoms with Crippen molar-refractivity contribution >= 4 is 14.9 Å². The van der Waals surface area contributed by atoms with Crippen LogP contribution in [-0.4, -0.2) is 14.6 Å². The fraction of sp³-hybridized carbons (Fsp3) is 0.143. The normalized spacial score (nSPS) is 11.0. The number of hydrogen-bond donors (Lipinski definition) is 1. The maximum Gasteiger partial charge on any atom is 0.188 e. The first-order valence-corrected chi connectivity index (χ1v) is 4.46. The van der Waals surface area contributed by atoms with Crippen molar-refractivity contribution < 1.29 is 9.19 Å². The molecule has 0 radical (unpaired) electrons. The summed E-state index contributed by atoms with van der Waals surface area (Å²) >= 11 is 0.